The number of carbonyl (C=O) groups excluding carboxylic acids is 2. The topological polar surface area (TPSA) is 116 Å². The number of hydrogen-bond donors (Lipinski definition) is 2. The summed E-state index contributed by atoms with van der Waals surface area (Å²) >= 11 is 0. The Labute approximate surface area is 168 Å². The molecule has 7 nitrogen and oxygen atoms in total. The minimum absolute atomic E-state index is 0.0437. The molecular formula is C21H20N2O5S. The van der Waals surface area contributed by atoms with Gasteiger partial charge in [0.1, 0.15) is 0 Å². The second kappa shape index (κ2) is 8.42. The van der Waals surface area contributed by atoms with E-state index in [2.05, 4.69) is 5.32 Å². The zero-order valence-electron chi connectivity index (χ0n) is 15.7. The fourth-order valence-electron chi connectivity index (χ4n) is 2.87. The quantitative estimate of drug-likeness (QED) is 0.604. The van der Waals surface area contributed by atoms with Crippen molar-refractivity contribution in [1.29, 1.82) is 0 Å². The summed E-state index contributed by atoms with van der Waals surface area (Å²) in [5.41, 5.74) is 1.18. The van der Waals surface area contributed by atoms with Crippen molar-refractivity contribution in [2.75, 3.05) is 5.32 Å². The Kier molecular flexibility index (Phi) is 5.95. The van der Waals surface area contributed by atoms with Gasteiger partial charge in [-0.1, -0.05) is 42.5 Å². The van der Waals surface area contributed by atoms with Crippen LogP contribution in [0, 0.1) is 0 Å². The third-order valence-electron chi connectivity index (χ3n) is 4.34. The van der Waals surface area contributed by atoms with E-state index in [0.29, 0.717) is 5.69 Å². The second-order valence-corrected chi connectivity index (χ2v) is 8.07. The minimum atomic E-state index is -3.81. The van der Waals surface area contributed by atoms with E-state index in [1.807, 2.05) is 42.5 Å². The summed E-state index contributed by atoms with van der Waals surface area (Å²) in [6, 6.07) is 18.8. The molecule has 0 unspecified atom stereocenters. The monoisotopic (exact) mass is 412 g/mol. The molecule has 0 radical (unpaired) electrons. The van der Waals surface area contributed by atoms with E-state index < -0.39 is 28.0 Å². The second-order valence-electron chi connectivity index (χ2n) is 6.51. The van der Waals surface area contributed by atoms with Gasteiger partial charge in [-0.05, 0) is 47.5 Å². The van der Waals surface area contributed by atoms with E-state index >= 15 is 0 Å². The van der Waals surface area contributed by atoms with Crippen molar-refractivity contribution >= 4 is 38.4 Å². The van der Waals surface area contributed by atoms with Gasteiger partial charge in [0.25, 0.3) is 5.91 Å². The fourth-order valence-corrected chi connectivity index (χ4v) is 3.38. The van der Waals surface area contributed by atoms with Crippen LogP contribution in [0.3, 0.4) is 0 Å². The number of esters is 1. The molecular weight excluding hydrogens is 392 g/mol. The highest BCUT2D eigenvalue weighted by Gasteiger charge is 2.19. The van der Waals surface area contributed by atoms with E-state index in [4.69, 9.17) is 9.88 Å². The average molecular weight is 412 g/mol. The maximum absolute atomic E-state index is 12.3. The van der Waals surface area contributed by atoms with Gasteiger partial charge in [0.05, 0.1) is 11.3 Å². The summed E-state index contributed by atoms with van der Waals surface area (Å²) in [4.78, 5) is 24.5. The van der Waals surface area contributed by atoms with Crippen molar-refractivity contribution in [1.82, 2.24) is 0 Å². The molecule has 0 bridgehead atoms. The predicted octanol–water partition coefficient (Wildman–Crippen LogP) is 2.60. The lowest BCUT2D eigenvalue weighted by molar-refractivity contribution is -0.152. The van der Waals surface area contributed by atoms with Gasteiger partial charge in [0.15, 0.2) is 6.10 Å². The molecule has 29 heavy (non-hydrogen) atoms. The highest BCUT2D eigenvalue weighted by atomic mass is 32.2. The number of hydrogen-bond acceptors (Lipinski definition) is 5. The Balaban J connectivity index is 1.61. The van der Waals surface area contributed by atoms with Crippen LogP contribution < -0.4 is 10.5 Å². The molecule has 1 atom stereocenters. The summed E-state index contributed by atoms with van der Waals surface area (Å²) in [6.45, 7) is 1.47. The number of anilines is 1. The summed E-state index contributed by atoms with van der Waals surface area (Å²) in [5.74, 6) is -1.05. The molecule has 8 heteroatoms. The van der Waals surface area contributed by atoms with Gasteiger partial charge in [-0.25, -0.2) is 13.6 Å². The van der Waals surface area contributed by atoms with Crippen LogP contribution in [0.1, 0.15) is 12.5 Å². The van der Waals surface area contributed by atoms with Crippen molar-refractivity contribution in [2.24, 2.45) is 5.14 Å². The largest absolute Gasteiger partial charge is 0.452 e. The van der Waals surface area contributed by atoms with Crippen molar-refractivity contribution < 1.29 is 22.7 Å². The molecule has 0 heterocycles. The molecule has 3 rings (SSSR count). The first-order valence-electron chi connectivity index (χ1n) is 8.84. The lowest BCUT2D eigenvalue weighted by atomic mass is 10.0. The molecule has 0 saturated carbocycles. The van der Waals surface area contributed by atoms with Crippen LogP contribution in [-0.2, 0) is 30.8 Å². The zero-order valence-corrected chi connectivity index (χ0v) is 16.5. The third kappa shape index (κ3) is 5.18. The first-order valence-corrected chi connectivity index (χ1v) is 10.4. The molecule has 0 aliphatic rings. The Morgan fingerprint density at radius 2 is 1.66 bits per heavy atom. The Hall–Kier alpha value is -3.23. The lowest BCUT2D eigenvalue weighted by Gasteiger charge is -2.14. The van der Waals surface area contributed by atoms with Gasteiger partial charge >= 0.3 is 5.97 Å². The molecule has 0 aromatic heterocycles. The van der Waals surface area contributed by atoms with Gasteiger partial charge in [0, 0.05) is 5.69 Å². The Morgan fingerprint density at radius 3 is 2.34 bits per heavy atom. The van der Waals surface area contributed by atoms with Gasteiger partial charge < -0.3 is 10.1 Å². The van der Waals surface area contributed by atoms with E-state index in [0.717, 1.165) is 16.3 Å². The maximum atomic E-state index is 12.3. The number of carbonyl (C=O) groups is 2. The fraction of sp³-hybridized carbons (Fsp3) is 0.143. The predicted molar refractivity (Wildman–Crippen MR) is 110 cm³/mol. The van der Waals surface area contributed by atoms with Crippen LogP contribution in [-0.4, -0.2) is 26.4 Å². The standard InChI is InChI=1S/C21H20N2O5S/c1-14(21(25)23-17-9-11-18(12-10-17)29(22,26)27)28-20(24)13-16-7-4-6-15-5-2-3-8-19(15)16/h2-12,14H,13H2,1H3,(H,23,25)(H2,22,26,27)/t14-/m0/s1. The number of nitrogens with one attached hydrogen (secondary N) is 1. The van der Waals surface area contributed by atoms with E-state index in [1.54, 1.807) is 0 Å². The maximum Gasteiger partial charge on any atom is 0.311 e. The Bertz CT molecular complexity index is 1150. The number of rotatable bonds is 6. The zero-order chi connectivity index (χ0) is 21.0. The minimum Gasteiger partial charge on any atom is -0.452 e. The molecule has 0 aliphatic heterocycles. The molecule has 150 valence electrons. The van der Waals surface area contributed by atoms with Crippen LogP contribution in [0.25, 0.3) is 10.8 Å². The van der Waals surface area contributed by atoms with E-state index in [1.165, 1.54) is 31.2 Å². The molecule has 1 amide bonds. The molecule has 0 spiro atoms. The summed E-state index contributed by atoms with van der Waals surface area (Å²) < 4.78 is 27.8. The Morgan fingerprint density at radius 1 is 1.00 bits per heavy atom. The number of nitrogens with two attached hydrogens (primary N) is 1. The smallest absolute Gasteiger partial charge is 0.311 e. The van der Waals surface area contributed by atoms with Gasteiger partial charge in [0.2, 0.25) is 10.0 Å². The van der Waals surface area contributed by atoms with Crippen LogP contribution in [0.2, 0.25) is 0 Å². The number of benzene rings is 3. The third-order valence-corrected chi connectivity index (χ3v) is 5.27. The number of sulfonamides is 1. The van der Waals surface area contributed by atoms with Gasteiger partial charge in [-0.15, -0.1) is 0 Å². The molecule has 0 fully saturated rings. The first-order chi connectivity index (χ1) is 13.7. The van der Waals surface area contributed by atoms with Gasteiger partial charge in [-0.2, -0.15) is 0 Å². The van der Waals surface area contributed by atoms with Crippen LogP contribution in [0.5, 0.6) is 0 Å². The SMILES string of the molecule is C[C@H](OC(=O)Cc1cccc2ccccc12)C(=O)Nc1ccc(S(N)(=O)=O)cc1. The van der Waals surface area contributed by atoms with Crippen molar-refractivity contribution in [3.63, 3.8) is 0 Å². The van der Waals surface area contributed by atoms with Crippen molar-refractivity contribution in [3.05, 3.63) is 72.3 Å². The highest BCUT2D eigenvalue weighted by Crippen LogP contribution is 2.19. The highest BCUT2D eigenvalue weighted by molar-refractivity contribution is 7.89. The first kappa shape index (κ1) is 20.5. The van der Waals surface area contributed by atoms with Crippen LogP contribution in [0.15, 0.2) is 71.6 Å². The molecule has 3 N–H and O–H groups in total. The van der Waals surface area contributed by atoms with Crippen molar-refractivity contribution in [3.8, 4) is 0 Å². The molecule has 3 aromatic carbocycles. The number of fused-ring (bicyclic) bond motifs is 1. The lowest BCUT2D eigenvalue weighted by Crippen LogP contribution is -2.30. The molecule has 0 saturated heterocycles. The van der Waals surface area contributed by atoms with Crippen LogP contribution in [0.4, 0.5) is 5.69 Å². The normalized spacial score (nSPS) is 12.3. The number of primary sulfonamides is 1. The number of ether oxygens (including phenoxy) is 1. The van der Waals surface area contributed by atoms with E-state index in [9.17, 15) is 18.0 Å². The summed E-state index contributed by atoms with van der Waals surface area (Å²) in [5, 5.41) is 9.58. The molecule has 0 aliphatic carbocycles. The van der Waals surface area contributed by atoms with E-state index in [-0.39, 0.29) is 11.3 Å². The van der Waals surface area contributed by atoms with Crippen LogP contribution >= 0.6 is 0 Å². The van der Waals surface area contributed by atoms with Crippen molar-refractivity contribution in [2.45, 2.75) is 24.3 Å². The average Bonchev–Trinajstić information content (AvgIpc) is 2.68. The summed E-state index contributed by atoms with van der Waals surface area (Å²) in [7, 11) is -3.81. The number of amides is 1. The van der Waals surface area contributed by atoms with Gasteiger partial charge in [-0.3, -0.25) is 9.59 Å². The molecule has 3 aromatic rings. The summed E-state index contributed by atoms with van der Waals surface area (Å²) in [6.07, 6.45) is -0.974.